The third-order valence-electron chi connectivity index (χ3n) is 6.84. The van der Waals surface area contributed by atoms with Crippen LogP contribution >= 0.6 is 0 Å². The SMILES string of the molecule is CC(=O)CNCCc1ccccc1.Cc1ccccc1N(Cc1ccccc1)C(=O)C1CCCC1C. The Morgan fingerprint density at radius 3 is 2.06 bits per heavy atom. The van der Waals surface area contributed by atoms with E-state index in [2.05, 4.69) is 55.6 Å². The van der Waals surface area contributed by atoms with Crippen LogP contribution in [0.1, 0.15) is 49.8 Å². The monoisotopic (exact) mass is 484 g/mol. The van der Waals surface area contributed by atoms with Crippen LogP contribution in [0.25, 0.3) is 0 Å². The van der Waals surface area contributed by atoms with Gasteiger partial charge in [-0.2, -0.15) is 0 Å². The van der Waals surface area contributed by atoms with E-state index >= 15 is 0 Å². The highest BCUT2D eigenvalue weighted by Gasteiger charge is 2.33. The van der Waals surface area contributed by atoms with Gasteiger partial charge in [0.05, 0.1) is 13.1 Å². The van der Waals surface area contributed by atoms with Crippen LogP contribution in [-0.4, -0.2) is 24.8 Å². The van der Waals surface area contributed by atoms with Gasteiger partial charge in [-0.25, -0.2) is 0 Å². The highest BCUT2D eigenvalue weighted by molar-refractivity contribution is 5.96. The molecule has 4 heteroatoms. The Morgan fingerprint density at radius 2 is 1.47 bits per heavy atom. The van der Waals surface area contributed by atoms with Crippen LogP contribution < -0.4 is 10.2 Å². The fourth-order valence-corrected chi connectivity index (χ4v) is 4.77. The molecule has 3 aromatic carbocycles. The smallest absolute Gasteiger partial charge is 0.230 e. The molecule has 0 saturated heterocycles. The van der Waals surface area contributed by atoms with E-state index in [1.807, 2.05) is 53.4 Å². The van der Waals surface area contributed by atoms with Gasteiger partial charge in [-0.05, 0) is 68.3 Å². The van der Waals surface area contributed by atoms with Gasteiger partial charge in [0.1, 0.15) is 5.78 Å². The van der Waals surface area contributed by atoms with Crippen LogP contribution in [0.15, 0.2) is 84.9 Å². The first-order valence-corrected chi connectivity index (χ1v) is 13.1. The van der Waals surface area contributed by atoms with E-state index in [9.17, 15) is 9.59 Å². The first kappa shape index (κ1) is 27.3. The molecule has 3 aromatic rings. The van der Waals surface area contributed by atoms with Crippen molar-refractivity contribution in [3.05, 3.63) is 102 Å². The summed E-state index contributed by atoms with van der Waals surface area (Å²) in [5.74, 6) is 1.13. The lowest BCUT2D eigenvalue weighted by atomic mass is 9.95. The predicted octanol–water partition coefficient (Wildman–Crippen LogP) is 6.37. The number of hydrogen-bond acceptors (Lipinski definition) is 3. The molecule has 1 aliphatic rings. The van der Waals surface area contributed by atoms with Gasteiger partial charge in [-0.1, -0.05) is 92.2 Å². The molecule has 0 spiro atoms. The number of carbonyl (C=O) groups excluding carboxylic acids is 2. The van der Waals surface area contributed by atoms with Crippen LogP contribution in [0.2, 0.25) is 0 Å². The van der Waals surface area contributed by atoms with E-state index in [0.717, 1.165) is 30.6 Å². The molecule has 190 valence electrons. The summed E-state index contributed by atoms with van der Waals surface area (Å²) >= 11 is 0. The van der Waals surface area contributed by atoms with Gasteiger partial charge in [-0.3, -0.25) is 9.59 Å². The Bertz CT molecular complexity index is 1080. The van der Waals surface area contributed by atoms with E-state index < -0.39 is 0 Å². The van der Waals surface area contributed by atoms with E-state index in [4.69, 9.17) is 0 Å². The highest BCUT2D eigenvalue weighted by atomic mass is 16.2. The second kappa shape index (κ2) is 14.4. The van der Waals surface area contributed by atoms with E-state index in [1.54, 1.807) is 6.92 Å². The van der Waals surface area contributed by atoms with Gasteiger partial charge in [0, 0.05) is 11.6 Å². The Hall–Kier alpha value is -3.24. The zero-order valence-corrected chi connectivity index (χ0v) is 22.0. The Morgan fingerprint density at radius 1 is 0.861 bits per heavy atom. The molecule has 0 aliphatic heterocycles. The molecule has 1 aliphatic carbocycles. The van der Waals surface area contributed by atoms with Crippen molar-refractivity contribution in [2.24, 2.45) is 11.8 Å². The van der Waals surface area contributed by atoms with E-state index in [1.165, 1.54) is 24.0 Å². The summed E-state index contributed by atoms with van der Waals surface area (Å²) < 4.78 is 0. The fourth-order valence-electron chi connectivity index (χ4n) is 4.77. The topological polar surface area (TPSA) is 49.4 Å². The molecular weight excluding hydrogens is 444 g/mol. The molecule has 1 amide bonds. The number of hydrogen-bond donors (Lipinski definition) is 1. The number of benzene rings is 3. The molecule has 0 heterocycles. The summed E-state index contributed by atoms with van der Waals surface area (Å²) in [6.07, 6.45) is 4.35. The largest absolute Gasteiger partial charge is 0.310 e. The lowest BCUT2D eigenvalue weighted by molar-refractivity contribution is -0.123. The third kappa shape index (κ3) is 8.46. The summed E-state index contributed by atoms with van der Waals surface area (Å²) in [6, 6.07) is 28.7. The van der Waals surface area contributed by atoms with Crippen molar-refractivity contribution in [1.82, 2.24) is 5.32 Å². The van der Waals surface area contributed by atoms with Gasteiger partial charge in [0.25, 0.3) is 0 Å². The van der Waals surface area contributed by atoms with Crippen LogP contribution in [0, 0.1) is 18.8 Å². The quantitative estimate of drug-likeness (QED) is 0.359. The predicted molar refractivity (Wildman–Crippen MR) is 149 cm³/mol. The van der Waals surface area contributed by atoms with Crippen LogP contribution in [0.5, 0.6) is 0 Å². The first-order valence-electron chi connectivity index (χ1n) is 13.1. The zero-order chi connectivity index (χ0) is 25.8. The number of para-hydroxylation sites is 1. The van der Waals surface area contributed by atoms with Crippen molar-refractivity contribution >= 4 is 17.4 Å². The lowest BCUT2D eigenvalue weighted by Gasteiger charge is -2.29. The van der Waals surface area contributed by atoms with Gasteiger partial charge >= 0.3 is 0 Å². The summed E-state index contributed by atoms with van der Waals surface area (Å²) in [5.41, 5.74) is 4.68. The molecule has 0 aromatic heterocycles. The maximum Gasteiger partial charge on any atom is 0.230 e. The minimum atomic E-state index is 0.165. The highest BCUT2D eigenvalue weighted by Crippen LogP contribution is 2.35. The molecule has 0 bridgehead atoms. The average molecular weight is 485 g/mol. The molecular formula is C32H40N2O2. The van der Waals surface area contributed by atoms with E-state index in [-0.39, 0.29) is 17.6 Å². The number of nitrogens with zero attached hydrogens (tertiary/aromatic N) is 1. The molecule has 2 unspecified atom stereocenters. The molecule has 1 fully saturated rings. The van der Waals surface area contributed by atoms with Crippen molar-refractivity contribution in [3.63, 3.8) is 0 Å². The molecule has 36 heavy (non-hydrogen) atoms. The summed E-state index contributed by atoms with van der Waals surface area (Å²) in [5, 5.41) is 3.08. The number of carbonyl (C=O) groups is 2. The first-order chi connectivity index (χ1) is 17.5. The number of anilines is 1. The summed E-state index contributed by atoms with van der Waals surface area (Å²) in [7, 11) is 0. The fraction of sp³-hybridized carbons (Fsp3) is 0.375. The molecule has 4 rings (SSSR count). The Balaban J connectivity index is 0.000000236. The maximum absolute atomic E-state index is 13.2. The van der Waals surface area contributed by atoms with Crippen molar-refractivity contribution in [3.8, 4) is 0 Å². The van der Waals surface area contributed by atoms with Gasteiger partial charge in [0.15, 0.2) is 0 Å². The second-order valence-electron chi connectivity index (χ2n) is 9.83. The van der Waals surface area contributed by atoms with Crippen LogP contribution in [-0.2, 0) is 22.6 Å². The average Bonchev–Trinajstić information content (AvgIpc) is 3.33. The number of amides is 1. The molecule has 1 saturated carbocycles. The Labute approximate surface area is 216 Å². The lowest BCUT2D eigenvalue weighted by Crippen LogP contribution is -2.37. The molecule has 2 atom stereocenters. The van der Waals surface area contributed by atoms with Crippen molar-refractivity contribution in [2.75, 3.05) is 18.0 Å². The molecule has 0 radical (unpaired) electrons. The van der Waals surface area contributed by atoms with Crippen molar-refractivity contribution < 1.29 is 9.59 Å². The molecule has 4 nitrogen and oxygen atoms in total. The van der Waals surface area contributed by atoms with Gasteiger partial charge in [-0.15, -0.1) is 0 Å². The zero-order valence-electron chi connectivity index (χ0n) is 22.0. The minimum Gasteiger partial charge on any atom is -0.310 e. The second-order valence-corrected chi connectivity index (χ2v) is 9.83. The van der Waals surface area contributed by atoms with Crippen LogP contribution in [0.4, 0.5) is 5.69 Å². The van der Waals surface area contributed by atoms with Gasteiger partial charge in [0.2, 0.25) is 5.91 Å². The van der Waals surface area contributed by atoms with Crippen LogP contribution in [0.3, 0.4) is 0 Å². The normalized spacial score (nSPS) is 16.6. The van der Waals surface area contributed by atoms with Gasteiger partial charge < -0.3 is 10.2 Å². The minimum absolute atomic E-state index is 0.165. The Kier molecular flexibility index (Phi) is 10.9. The van der Waals surface area contributed by atoms with Crippen molar-refractivity contribution in [1.29, 1.82) is 0 Å². The van der Waals surface area contributed by atoms with Crippen molar-refractivity contribution in [2.45, 2.75) is 53.0 Å². The number of nitrogens with one attached hydrogen (secondary N) is 1. The number of rotatable bonds is 9. The number of aryl methyl sites for hydroxylation is 1. The molecule has 1 N–H and O–H groups in total. The maximum atomic E-state index is 13.2. The summed E-state index contributed by atoms with van der Waals surface area (Å²) in [4.78, 5) is 25.8. The summed E-state index contributed by atoms with van der Waals surface area (Å²) in [6.45, 7) is 7.88. The van der Waals surface area contributed by atoms with E-state index in [0.29, 0.717) is 19.0 Å². The standard InChI is InChI=1S/C21H25NO.C11H15NO/c1-16-10-8-13-19(16)21(23)22(15-18-11-4-3-5-12-18)20-14-7-6-9-17(20)2;1-10(13)9-12-8-7-11-5-3-2-4-6-11/h3-7,9,11-12,14,16,19H,8,10,13,15H2,1-2H3;2-6,12H,7-9H2,1H3. The number of Topliss-reactive ketones (excluding diaryl/α,β-unsaturated/α-hetero) is 1. The number of ketones is 1. The third-order valence-corrected chi connectivity index (χ3v) is 6.84.